The van der Waals surface area contributed by atoms with Crippen molar-refractivity contribution in [2.45, 2.75) is 32.7 Å². The van der Waals surface area contributed by atoms with E-state index in [2.05, 4.69) is 42.0 Å². The van der Waals surface area contributed by atoms with Crippen LogP contribution in [0.4, 0.5) is 0 Å². The number of aromatic nitrogens is 3. The van der Waals surface area contributed by atoms with Gasteiger partial charge in [0.2, 0.25) is 0 Å². The molecular formula is C19H27N5O. The topological polar surface area (TPSA) is 54.3 Å². The van der Waals surface area contributed by atoms with E-state index < -0.39 is 0 Å². The maximum atomic E-state index is 12.5. The number of piperazine rings is 1. The molecule has 0 atom stereocenters. The third-order valence-electron chi connectivity index (χ3n) is 4.58. The van der Waals surface area contributed by atoms with Crippen molar-refractivity contribution in [2.75, 3.05) is 26.2 Å². The number of hydrogen-bond acceptors (Lipinski definition) is 4. The quantitative estimate of drug-likeness (QED) is 0.858. The van der Waals surface area contributed by atoms with E-state index in [0.717, 1.165) is 38.4 Å². The Labute approximate surface area is 149 Å². The summed E-state index contributed by atoms with van der Waals surface area (Å²) >= 11 is 0. The van der Waals surface area contributed by atoms with Gasteiger partial charge in [0.15, 0.2) is 0 Å². The second kappa shape index (κ2) is 6.96. The normalized spacial score (nSPS) is 16.2. The summed E-state index contributed by atoms with van der Waals surface area (Å²) in [7, 11) is 1.98. The number of carbonyl (C=O) groups is 1. The van der Waals surface area contributed by atoms with E-state index in [9.17, 15) is 4.79 Å². The lowest BCUT2D eigenvalue weighted by molar-refractivity contribution is 0.0627. The summed E-state index contributed by atoms with van der Waals surface area (Å²) in [6.07, 6.45) is 5.45. The lowest BCUT2D eigenvalue weighted by Gasteiger charge is -2.35. The highest BCUT2D eigenvalue weighted by molar-refractivity contribution is 5.93. The van der Waals surface area contributed by atoms with Gasteiger partial charge in [-0.3, -0.25) is 19.4 Å². The molecule has 0 radical (unpaired) electrons. The molecule has 1 aliphatic heterocycles. The molecule has 0 aromatic carbocycles. The Morgan fingerprint density at radius 3 is 2.52 bits per heavy atom. The summed E-state index contributed by atoms with van der Waals surface area (Å²) < 4.78 is 1.90. The molecule has 2 aromatic heterocycles. The van der Waals surface area contributed by atoms with Crippen LogP contribution >= 0.6 is 0 Å². The zero-order valence-corrected chi connectivity index (χ0v) is 15.6. The first-order valence-corrected chi connectivity index (χ1v) is 8.79. The van der Waals surface area contributed by atoms with Crippen molar-refractivity contribution in [2.24, 2.45) is 7.05 Å². The van der Waals surface area contributed by atoms with Crippen LogP contribution in [0.5, 0.6) is 0 Å². The van der Waals surface area contributed by atoms with Crippen molar-refractivity contribution in [1.29, 1.82) is 0 Å². The number of hydrogen-bond donors (Lipinski definition) is 0. The van der Waals surface area contributed by atoms with Crippen LogP contribution in [-0.2, 0) is 19.0 Å². The maximum Gasteiger partial charge on any atom is 0.255 e. The summed E-state index contributed by atoms with van der Waals surface area (Å²) in [5, 5.41) is 4.65. The molecule has 0 bridgehead atoms. The minimum Gasteiger partial charge on any atom is -0.336 e. The zero-order chi connectivity index (χ0) is 18.0. The summed E-state index contributed by atoms with van der Waals surface area (Å²) in [6.45, 7) is 10.7. The fourth-order valence-corrected chi connectivity index (χ4v) is 3.31. The number of rotatable bonds is 3. The molecule has 3 heterocycles. The molecule has 3 rings (SSSR count). The molecule has 0 N–H and O–H groups in total. The molecule has 1 amide bonds. The first kappa shape index (κ1) is 17.6. The van der Waals surface area contributed by atoms with Crippen molar-refractivity contribution in [3.8, 4) is 0 Å². The second-order valence-electron chi connectivity index (χ2n) is 7.74. The molecule has 0 spiro atoms. The van der Waals surface area contributed by atoms with Crippen molar-refractivity contribution in [3.63, 3.8) is 0 Å². The molecule has 6 nitrogen and oxygen atoms in total. The molecule has 1 fully saturated rings. The van der Waals surface area contributed by atoms with E-state index in [1.807, 2.05) is 22.7 Å². The fourth-order valence-electron chi connectivity index (χ4n) is 3.31. The maximum absolute atomic E-state index is 12.5. The average Bonchev–Trinajstić information content (AvgIpc) is 2.96. The van der Waals surface area contributed by atoms with Crippen molar-refractivity contribution in [1.82, 2.24) is 24.6 Å². The minimum atomic E-state index is 0.0364. The molecule has 0 unspecified atom stereocenters. The third kappa shape index (κ3) is 4.07. The molecule has 134 valence electrons. The third-order valence-corrected chi connectivity index (χ3v) is 4.58. The molecular weight excluding hydrogens is 314 g/mol. The second-order valence-corrected chi connectivity index (χ2v) is 7.74. The Hall–Kier alpha value is -2.21. The van der Waals surface area contributed by atoms with Gasteiger partial charge in [0.05, 0.1) is 11.3 Å². The van der Waals surface area contributed by atoms with Crippen LogP contribution in [0.2, 0.25) is 0 Å². The summed E-state index contributed by atoms with van der Waals surface area (Å²) in [6, 6.07) is 3.63. The van der Waals surface area contributed by atoms with Gasteiger partial charge < -0.3 is 4.90 Å². The first-order chi connectivity index (χ1) is 11.8. The summed E-state index contributed by atoms with van der Waals surface area (Å²) in [5.74, 6) is 0.0736. The van der Waals surface area contributed by atoms with Crippen molar-refractivity contribution >= 4 is 5.91 Å². The van der Waals surface area contributed by atoms with Crippen LogP contribution in [0.15, 0.2) is 30.7 Å². The van der Waals surface area contributed by atoms with Gasteiger partial charge in [0.25, 0.3) is 5.91 Å². The van der Waals surface area contributed by atoms with Crippen LogP contribution in [-0.4, -0.2) is 56.7 Å². The van der Waals surface area contributed by atoms with Crippen LogP contribution in [0, 0.1) is 0 Å². The first-order valence-electron chi connectivity index (χ1n) is 8.79. The fraction of sp³-hybridized carbons (Fsp3) is 0.526. The monoisotopic (exact) mass is 341 g/mol. The Morgan fingerprint density at radius 1 is 1.20 bits per heavy atom. The predicted molar refractivity (Wildman–Crippen MR) is 97.3 cm³/mol. The molecule has 1 saturated heterocycles. The Kier molecular flexibility index (Phi) is 4.90. The van der Waals surface area contributed by atoms with E-state index in [-0.39, 0.29) is 11.3 Å². The highest BCUT2D eigenvalue weighted by Gasteiger charge is 2.26. The minimum absolute atomic E-state index is 0.0364. The van der Waals surface area contributed by atoms with E-state index in [1.165, 1.54) is 5.56 Å². The Bertz CT molecular complexity index is 724. The Balaban J connectivity index is 1.61. The van der Waals surface area contributed by atoms with Crippen molar-refractivity contribution in [3.05, 3.63) is 47.5 Å². The number of carbonyl (C=O) groups excluding carboxylic acids is 1. The lowest BCUT2D eigenvalue weighted by atomic mass is 9.89. The molecule has 0 aliphatic carbocycles. The highest BCUT2D eigenvalue weighted by atomic mass is 16.2. The number of pyridine rings is 1. The lowest BCUT2D eigenvalue weighted by Crippen LogP contribution is -2.48. The Morgan fingerprint density at radius 2 is 1.92 bits per heavy atom. The van der Waals surface area contributed by atoms with Gasteiger partial charge >= 0.3 is 0 Å². The van der Waals surface area contributed by atoms with Crippen LogP contribution < -0.4 is 0 Å². The van der Waals surface area contributed by atoms with Gasteiger partial charge in [-0.25, -0.2) is 0 Å². The largest absolute Gasteiger partial charge is 0.336 e. The van der Waals surface area contributed by atoms with Crippen molar-refractivity contribution < 1.29 is 4.79 Å². The predicted octanol–water partition coefficient (Wildman–Crippen LogP) is 2.07. The van der Waals surface area contributed by atoms with Crippen LogP contribution in [0.25, 0.3) is 0 Å². The SMILES string of the molecule is Cn1cc(CN2CCN(C(=O)c3cccnc3)CC2)c(C(C)(C)C)n1. The van der Waals surface area contributed by atoms with E-state index in [4.69, 9.17) is 0 Å². The van der Waals surface area contributed by atoms with Crippen LogP contribution in [0.3, 0.4) is 0 Å². The van der Waals surface area contributed by atoms with Gasteiger partial charge in [0, 0.05) is 69.3 Å². The van der Waals surface area contributed by atoms with Gasteiger partial charge in [-0.05, 0) is 12.1 Å². The molecule has 25 heavy (non-hydrogen) atoms. The van der Waals surface area contributed by atoms with E-state index in [0.29, 0.717) is 5.56 Å². The standard InChI is InChI=1S/C19H27N5O/c1-19(2,3)17-16(13-22(4)21-17)14-23-8-10-24(11-9-23)18(25)15-6-5-7-20-12-15/h5-7,12-13H,8-11,14H2,1-4H3. The van der Waals surface area contributed by atoms with Crippen LogP contribution in [0.1, 0.15) is 42.4 Å². The molecule has 0 saturated carbocycles. The zero-order valence-electron chi connectivity index (χ0n) is 15.6. The van der Waals surface area contributed by atoms with Gasteiger partial charge in [0.1, 0.15) is 0 Å². The van der Waals surface area contributed by atoms with E-state index in [1.54, 1.807) is 18.5 Å². The molecule has 2 aromatic rings. The van der Waals surface area contributed by atoms with Gasteiger partial charge in [-0.2, -0.15) is 5.10 Å². The molecule has 6 heteroatoms. The number of amides is 1. The van der Waals surface area contributed by atoms with Gasteiger partial charge in [-0.15, -0.1) is 0 Å². The molecule has 1 aliphatic rings. The summed E-state index contributed by atoms with van der Waals surface area (Å²) in [5.41, 5.74) is 3.14. The highest BCUT2D eigenvalue weighted by Crippen LogP contribution is 2.25. The van der Waals surface area contributed by atoms with E-state index >= 15 is 0 Å². The smallest absolute Gasteiger partial charge is 0.255 e. The van der Waals surface area contributed by atoms with Gasteiger partial charge in [-0.1, -0.05) is 20.8 Å². The number of aryl methyl sites for hydroxylation is 1. The summed E-state index contributed by atoms with van der Waals surface area (Å²) in [4.78, 5) is 20.9. The average molecular weight is 341 g/mol. The number of nitrogens with zero attached hydrogens (tertiary/aromatic N) is 5.